The summed E-state index contributed by atoms with van der Waals surface area (Å²) in [5.74, 6) is 0.147. The fraction of sp³-hybridized carbons (Fsp3) is 0.400. The lowest BCUT2D eigenvalue weighted by atomic mass is 9.81. The van der Waals surface area contributed by atoms with Gasteiger partial charge in [0.1, 0.15) is 23.9 Å². The summed E-state index contributed by atoms with van der Waals surface area (Å²) >= 11 is 3.02. The van der Waals surface area contributed by atoms with Crippen LogP contribution in [0.3, 0.4) is 0 Å². The van der Waals surface area contributed by atoms with E-state index >= 15 is 4.39 Å². The van der Waals surface area contributed by atoms with E-state index in [0.717, 1.165) is 53.0 Å². The number of benzene rings is 2. The number of methoxy groups -OCH3 is 1. The van der Waals surface area contributed by atoms with Gasteiger partial charge in [-0.1, -0.05) is 32.1 Å². The number of ether oxygens (including phenoxy) is 2. The Morgan fingerprint density at radius 2 is 2.05 bits per heavy atom. The van der Waals surface area contributed by atoms with Gasteiger partial charge in [-0.2, -0.15) is 4.37 Å². The Hall–Kier alpha value is -2.84. The van der Waals surface area contributed by atoms with Crippen LogP contribution in [0.1, 0.15) is 68.0 Å². The molecule has 1 aromatic heterocycles. The van der Waals surface area contributed by atoms with Crippen LogP contribution in [-0.2, 0) is 11.4 Å². The predicted octanol–water partition coefficient (Wildman–Crippen LogP) is 8.15. The van der Waals surface area contributed by atoms with E-state index in [4.69, 9.17) is 13.8 Å². The molecule has 0 radical (unpaired) electrons. The molecule has 1 unspecified atom stereocenters. The van der Waals surface area contributed by atoms with Crippen LogP contribution in [-0.4, -0.2) is 27.8 Å². The van der Waals surface area contributed by atoms with Crippen LogP contribution in [0.4, 0.5) is 4.39 Å². The Labute approximate surface area is 231 Å². The Morgan fingerprint density at radius 1 is 1.24 bits per heavy atom. The highest BCUT2D eigenvalue weighted by Gasteiger charge is 2.34. The molecule has 1 atom stereocenters. The van der Waals surface area contributed by atoms with Gasteiger partial charge in [-0.15, -0.1) is 11.8 Å². The van der Waals surface area contributed by atoms with E-state index in [2.05, 4.69) is 19.9 Å². The summed E-state index contributed by atoms with van der Waals surface area (Å²) < 4.78 is 31.4. The molecule has 2 aliphatic carbocycles. The molecule has 1 N–H and O–H groups in total. The number of halogens is 1. The highest BCUT2D eigenvalue weighted by molar-refractivity contribution is 8.00. The largest absolute Gasteiger partial charge is 0.497 e. The fourth-order valence-electron chi connectivity index (χ4n) is 4.91. The number of hydrogen-bond donors (Lipinski definition) is 1. The second-order valence-corrected chi connectivity index (χ2v) is 12.8. The maximum atomic E-state index is 15.0. The van der Waals surface area contributed by atoms with Gasteiger partial charge in [0, 0.05) is 21.6 Å². The maximum absolute atomic E-state index is 15.0. The SMILES string of the molecule is COc1ccc(F)c(-c2snc(COc3cccc(C(CC(=O)O)SC4CC4)c3)c2C2=CCCC2(C)C)c1. The van der Waals surface area contributed by atoms with Crippen molar-refractivity contribution in [2.24, 2.45) is 5.41 Å². The highest BCUT2D eigenvalue weighted by Crippen LogP contribution is 2.50. The number of aliphatic carboxylic acids is 1. The summed E-state index contributed by atoms with van der Waals surface area (Å²) in [4.78, 5) is 12.3. The van der Waals surface area contributed by atoms with Crippen molar-refractivity contribution in [3.8, 4) is 21.9 Å². The zero-order chi connectivity index (χ0) is 26.9. The highest BCUT2D eigenvalue weighted by atomic mass is 32.2. The van der Waals surface area contributed by atoms with Crippen molar-refractivity contribution in [3.63, 3.8) is 0 Å². The topological polar surface area (TPSA) is 68.7 Å². The van der Waals surface area contributed by atoms with Gasteiger partial charge in [0.15, 0.2) is 0 Å². The van der Waals surface area contributed by atoms with Gasteiger partial charge in [-0.05, 0) is 84.1 Å². The van der Waals surface area contributed by atoms with Crippen LogP contribution in [0.25, 0.3) is 16.0 Å². The molecule has 2 aromatic carbocycles. The van der Waals surface area contributed by atoms with Crippen LogP contribution in [0.2, 0.25) is 0 Å². The first-order valence-corrected chi connectivity index (χ1v) is 14.6. The lowest BCUT2D eigenvalue weighted by Gasteiger charge is -2.24. The summed E-state index contributed by atoms with van der Waals surface area (Å²) in [5, 5.41) is 9.87. The monoisotopic (exact) mass is 553 g/mol. The van der Waals surface area contributed by atoms with E-state index in [-0.39, 0.29) is 29.5 Å². The zero-order valence-electron chi connectivity index (χ0n) is 21.8. The summed E-state index contributed by atoms with van der Waals surface area (Å²) in [6.45, 7) is 4.65. The number of aromatic nitrogens is 1. The minimum absolute atomic E-state index is 0.0639. The van der Waals surface area contributed by atoms with Gasteiger partial charge in [-0.3, -0.25) is 4.79 Å². The van der Waals surface area contributed by atoms with Crippen LogP contribution in [0.5, 0.6) is 11.5 Å². The molecule has 8 heteroatoms. The molecule has 0 bridgehead atoms. The molecule has 0 spiro atoms. The van der Waals surface area contributed by atoms with Crippen molar-refractivity contribution < 1.29 is 23.8 Å². The molecule has 0 aliphatic heterocycles. The standard InChI is InChI=1S/C30H32FNO4S2/c1-30(2)13-5-8-23(30)28-25(32-38-29(28)22-15-19(35-3)9-12-24(22)31)17-36-20-7-4-6-18(14-20)26(16-27(33)34)37-21-10-11-21/h4,6-9,12,14-15,21,26H,5,10-11,13,16-17H2,1-3H3,(H,33,34). The molecule has 3 aromatic rings. The summed E-state index contributed by atoms with van der Waals surface area (Å²) in [6.07, 6.45) is 6.59. The molecule has 38 heavy (non-hydrogen) atoms. The summed E-state index contributed by atoms with van der Waals surface area (Å²) in [6, 6.07) is 12.5. The van der Waals surface area contributed by atoms with Crippen LogP contribution >= 0.6 is 23.3 Å². The van der Waals surface area contributed by atoms with Crippen molar-refractivity contribution >= 4 is 34.8 Å². The molecule has 5 rings (SSSR count). The first-order chi connectivity index (χ1) is 18.2. The van der Waals surface area contributed by atoms with Crippen molar-refractivity contribution in [1.82, 2.24) is 4.37 Å². The Morgan fingerprint density at radius 3 is 2.74 bits per heavy atom. The van der Waals surface area contributed by atoms with Crippen LogP contribution in [0, 0.1) is 11.2 Å². The first kappa shape index (κ1) is 26.8. The minimum Gasteiger partial charge on any atom is -0.497 e. The molecule has 1 heterocycles. The third-order valence-corrected chi connectivity index (χ3v) is 9.69. The molecule has 0 amide bonds. The molecule has 5 nitrogen and oxygen atoms in total. The smallest absolute Gasteiger partial charge is 0.304 e. The number of carbonyl (C=O) groups is 1. The van der Waals surface area contributed by atoms with E-state index in [0.29, 0.717) is 22.3 Å². The average Bonchev–Trinajstić information content (AvgIpc) is 3.51. The third-order valence-electron chi connectivity index (χ3n) is 7.14. The number of thioether (sulfide) groups is 1. The fourth-order valence-corrected chi connectivity index (χ4v) is 7.25. The van der Waals surface area contributed by atoms with Crippen LogP contribution in [0.15, 0.2) is 48.5 Å². The maximum Gasteiger partial charge on any atom is 0.304 e. The third kappa shape index (κ3) is 5.91. The first-order valence-electron chi connectivity index (χ1n) is 12.9. The van der Waals surface area contributed by atoms with Crippen LogP contribution < -0.4 is 9.47 Å². The quantitative estimate of drug-likeness (QED) is 0.258. The van der Waals surface area contributed by atoms with E-state index < -0.39 is 5.97 Å². The Bertz CT molecular complexity index is 1360. The molecule has 200 valence electrons. The van der Waals surface area contributed by atoms with E-state index in [1.54, 1.807) is 31.0 Å². The van der Waals surface area contributed by atoms with Gasteiger partial charge in [0.05, 0.1) is 24.1 Å². The molecule has 1 saturated carbocycles. The second kappa shape index (κ2) is 11.1. The molecule has 2 aliphatic rings. The Kier molecular flexibility index (Phi) is 7.82. The van der Waals surface area contributed by atoms with Gasteiger partial charge < -0.3 is 14.6 Å². The van der Waals surface area contributed by atoms with Gasteiger partial charge in [0.2, 0.25) is 0 Å². The van der Waals surface area contributed by atoms with E-state index in [9.17, 15) is 9.90 Å². The molecule has 0 saturated heterocycles. The van der Waals surface area contributed by atoms with E-state index in [1.165, 1.54) is 17.6 Å². The van der Waals surface area contributed by atoms with E-state index in [1.807, 2.05) is 24.3 Å². The van der Waals surface area contributed by atoms with Gasteiger partial charge in [0.25, 0.3) is 0 Å². The number of hydrogen-bond acceptors (Lipinski definition) is 6. The molecular formula is C30H32FNO4S2. The number of carboxylic acids is 1. The average molecular weight is 554 g/mol. The summed E-state index contributed by atoms with van der Waals surface area (Å²) in [7, 11) is 1.57. The van der Waals surface area contributed by atoms with Crippen molar-refractivity contribution in [2.75, 3.05) is 7.11 Å². The van der Waals surface area contributed by atoms with Crippen molar-refractivity contribution in [3.05, 3.63) is 71.2 Å². The van der Waals surface area contributed by atoms with Gasteiger partial charge >= 0.3 is 5.97 Å². The second-order valence-electron chi connectivity index (χ2n) is 10.5. The minimum atomic E-state index is -0.800. The number of allylic oxidation sites excluding steroid dienone is 2. The normalized spacial score (nSPS) is 17.2. The number of carboxylic acid groups (broad SMARTS) is 1. The lowest BCUT2D eigenvalue weighted by Crippen LogP contribution is -2.11. The number of nitrogens with zero attached hydrogens (tertiary/aromatic N) is 1. The van der Waals surface area contributed by atoms with Crippen molar-refractivity contribution in [1.29, 1.82) is 0 Å². The zero-order valence-corrected chi connectivity index (χ0v) is 23.5. The number of rotatable bonds is 11. The summed E-state index contributed by atoms with van der Waals surface area (Å²) in [5.41, 5.74) is 4.24. The van der Waals surface area contributed by atoms with Gasteiger partial charge in [-0.25, -0.2) is 4.39 Å². The Balaban J connectivity index is 1.45. The predicted molar refractivity (Wildman–Crippen MR) is 151 cm³/mol. The molecule has 1 fully saturated rings. The molecular weight excluding hydrogens is 521 g/mol. The van der Waals surface area contributed by atoms with Crippen molar-refractivity contribution in [2.45, 2.75) is 63.1 Å². The lowest BCUT2D eigenvalue weighted by molar-refractivity contribution is -0.137.